The second-order valence-electron chi connectivity index (χ2n) is 1.71. The molecule has 52 valence electrons. The van der Waals surface area contributed by atoms with Gasteiger partial charge in [0.2, 0.25) is 0 Å². The van der Waals surface area contributed by atoms with Gasteiger partial charge in [-0.05, 0) is 12.1 Å². The fourth-order valence-electron chi connectivity index (χ4n) is 0.656. The van der Waals surface area contributed by atoms with Gasteiger partial charge < -0.3 is 9.52 Å². The molecule has 0 spiro atoms. The quantitative estimate of drug-likeness (QED) is 0.675. The topological polar surface area (TPSA) is 50.4 Å². The molecular formula is C7H6O3. The first-order valence-electron chi connectivity index (χ1n) is 2.69. The van der Waals surface area contributed by atoms with E-state index in [1.807, 2.05) is 0 Å². The van der Waals surface area contributed by atoms with Crippen molar-refractivity contribution in [3.63, 3.8) is 0 Å². The molecule has 0 saturated carbocycles. The molecule has 1 aromatic rings. The van der Waals surface area contributed by atoms with Gasteiger partial charge in [-0.2, -0.15) is 0 Å². The third-order valence-electron chi connectivity index (χ3n) is 1.11. The second kappa shape index (κ2) is 2.39. The maximum Gasteiger partial charge on any atom is 0.339 e. The van der Waals surface area contributed by atoms with Crippen LogP contribution in [0.1, 0.15) is 16.1 Å². The highest BCUT2D eigenvalue weighted by Crippen LogP contribution is 2.10. The van der Waals surface area contributed by atoms with Gasteiger partial charge in [0, 0.05) is 0 Å². The molecule has 0 amide bonds. The zero-order valence-electron chi connectivity index (χ0n) is 5.20. The van der Waals surface area contributed by atoms with E-state index in [0.717, 1.165) is 0 Å². The summed E-state index contributed by atoms with van der Waals surface area (Å²) in [6.45, 7) is 3.39. The van der Waals surface area contributed by atoms with Crippen molar-refractivity contribution >= 4 is 12.0 Å². The van der Waals surface area contributed by atoms with Crippen LogP contribution < -0.4 is 0 Å². The molecule has 0 unspecified atom stereocenters. The van der Waals surface area contributed by atoms with Gasteiger partial charge >= 0.3 is 5.97 Å². The van der Waals surface area contributed by atoms with Crippen molar-refractivity contribution in [2.75, 3.05) is 0 Å². The van der Waals surface area contributed by atoms with Crippen molar-refractivity contribution < 1.29 is 14.3 Å². The predicted octanol–water partition coefficient (Wildman–Crippen LogP) is 1.62. The molecule has 0 aromatic carbocycles. The Morgan fingerprint density at radius 2 is 2.50 bits per heavy atom. The van der Waals surface area contributed by atoms with E-state index in [-0.39, 0.29) is 5.56 Å². The van der Waals surface area contributed by atoms with Gasteiger partial charge in [0.15, 0.2) is 0 Å². The number of carbonyl (C=O) groups is 1. The number of furan rings is 1. The first-order chi connectivity index (χ1) is 4.75. The molecule has 0 aliphatic rings. The van der Waals surface area contributed by atoms with Crippen molar-refractivity contribution in [2.45, 2.75) is 0 Å². The van der Waals surface area contributed by atoms with Crippen LogP contribution in [0.15, 0.2) is 23.3 Å². The summed E-state index contributed by atoms with van der Waals surface area (Å²) in [6, 6.07) is 1.39. The molecule has 1 heterocycles. The molecule has 0 aliphatic heterocycles. The number of hydrogen-bond donors (Lipinski definition) is 1. The molecule has 0 saturated heterocycles. The van der Waals surface area contributed by atoms with E-state index in [2.05, 4.69) is 6.58 Å². The summed E-state index contributed by atoms with van der Waals surface area (Å²) >= 11 is 0. The molecule has 1 rings (SSSR count). The highest BCUT2D eigenvalue weighted by Gasteiger charge is 2.08. The van der Waals surface area contributed by atoms with Crippen molar-refractivity contribution in [1.82, 2.24) is 0 Å². The minimum absolute atomic E-state index is 0.148. The number of aromatic carboxylic acids is 1. The van der Waals surface area contributed by atoms with Crippen molar-refractivity contribution in [3.05, 3.63) is 30.2 Å². The molecule has 3 heteroatoms. The fraction of sp³-hybridized carbons (Fsp3) is 0. The number of hydrogen-bond acceptors (Lipinski definition) is 2. The number of carboxylic acid groups (broad SMARTS) is 1. The average molecular weight is 138 g/mol. The molecular weight excluding hydrogens is 132 g/mol. The van der Waals surface area contributed by atoms with Crippen LogP contribution in [0.2, 0.25) is 0 Å². The molecule has 0 atom stereocenters. The van der Waals surface area contributed by atoms with E-state index < -0.39 is 5.97 Å². The zero-order chi connectivity index (χ0) is 7.56. The first-order valence-corrected chi connectivity index (χ1v) is 2.69. The lowest BCUT2D eigenvalue weighted by Crippen LogP contribution is -1.94. The Labute approximate surface area is 57.6 Å². The van der Waals surface area contributed by atoms with E-state index in [1.165, 1.54) is 18.4 Å². The van der Waals surface area contributed by atoms with Crippen LogP contribution in [0.3, 0.4) is 0 Å². The lowest BCUT2D eigenvalue weighted by Gasteiger charge is -1.86. The van der Waals surface area contributed by atoms with Gasteiger partial charge in [0.05, 0.1) is 6.26 Å². The van der Waals surface area contributed by atoms with Crippen LogP contribution in [-0.4, -0.2) is 11.1 Å². The standard InChI is InChI=1S/C7H6O3/c1-2-6-5(7(8)9)3-4-10-6/h2-4H,1H2,(H,8,9). The van der Waals surface area contributed by atoms with Crippen molar-refractivity contribution in [2.24, 2.45) is 0 Å². The normalized spacial score (nSPS) is 9.20. The van der Waals surface area contributed by atoms with Gasteiger partial charge in [0.1, 0.15) is 11.3 Å². The molecule has 0 bridgehead atoms. The molecule has 3 nitrogen and oxygen atoms in total. The van der Waals surface area contributed by atoms with Gasteiger partial charge in [-0.3, -0.25) is 0 Å². The maximum absolute atomic E-state index is 10.3. The Hall–Kier alpha value is -1.51. The van der Waals surface area contributed by atoms with Crippen molar-refractivity contribution in [3.8, 4) is 0 Å². The summed E-state index contributed by atoms with van der Waals surface area (Å²) < 4.78 is 4.78. The van der Waals surface area contributed by atoms with Gasteiger partial charge in [-0.1, -0.05) is 6.58 Å². The number of carboxylic acids is 1. The van der Waals surface area contributed by atoms with Crippen LogP contribution >= 0.6 is 0 Å². The summed E-state index contributed by atoms with van der Waals surface area (Å²) in [5, 5.41) is 8.48. The monoisotopic (exact) mass is 138 g/mol. The SMILES string of the molecule is C=Cc1occc1C(=O)O. The first kappa shape index (κ1) is 6.61. The zero-order valence-corrected chi connectivity index (χ0v) is 5.20. The Morgan fingerprint density at radius 3 is 2.90 bits per heavy atom. The van der Waals surface area contributed by atoms with Gasteiger partial charge in [-0.25, -0.2) is 4.79 Å². The Balaban J connectivity index is 3.13. The van der Waals surface area contributed by atoms with Crippen LogP contribution in [0.5, 0.6) is 0 Å². The van der Waals surface area contributed by atoms with Gasteiger partial charge in [0.25, 0.3) is 0 Å². The minimum atomic E-state index is -0.997. The molecule has 1 N–H and O–H groups in total. The van der Waals surface area contributed by atoms with Gasteiger partial charge in [-0.15, -0.1) is 0 Å². The van der Waals surface area contributed by atoms with E-state index in [1.54, 1.807) is 0 Å². The predicted molar refractivity (Wildman–Crippen MR) is 35.8 cm³/mol. The van der Waals surface area contributed by atoms with Crippen molar-refractivity contribution in [1.29, 1.82) is 0 Å². The minimum Gasteiger partial charge on any atom is -0.478 e. The van der Waals surface area contributed by atoms with E-state index in [0.29, 0.717) is 5.76 Å². The molecule has 1 aromatic heterocycles. The van der Waals surface area contributed by atoms with E-state index >= 15 is 0 Å². The number of rotatable bonds is 2. The van der Waals surface area contributed by atoms with Crippen LogP contribution in [0.25, 0.3) is 6.08 Å². The Morgan fingerprint density at radius 1 is 1.80 bits per heavy atom. The van der Waals surface area contributed by atoms with Crippen LogP contribution in [-0.2, 0) is 0 Å². The maximum atomic E-state index is 10.3. The summed E-state index contributed by atoms with van der Waals surface area (Å²) in [7, 11) is 0. The highest BCUT2D eigenvalue weighted by atomic mass is 16.4. The van der Waals surface area contributed by atoms with E-state index in [9.17, 15) is 4.79 Å². The highest BCUT2D eigenvalue weighted by molar-refractivity contribution is 5.90. The average Bonchev–Trinajstić information content (AvgIpc) is 2.33. The summed E-state index contributed by atoms with van der Waals surface area (Å²) in [5.41, 5.74) is 0.148. The lowest BCUT2D eigenvalue weighted by atomic mass is 10.2. The van der Waals surface area contributed by atoms with Crippen LogP contribution in [0, 0.1) is 0 Å². The lowest BCUT2D eigenvalue weighted by molar-refractivity contribution is 0.0696. The van der Waals surface area contributed by atoms with E-state index in [4.69, 9.17) is 9.52 Å². The third kappa shape index (κ3) is 0.932. The summed E-state index contributed by atoms with van der Waals surface area (Å²) in [5.74, 6) is -0.698. The molecule has 0 fully saturated rings. The van der Waals surface area contributed by atoms with Crippen LogP contribution in [0.4, 0.5) is 0 Å². The molecule has 0 radical (unpaired) electrons. The largest absolute Gasteiger partial charge is 0.478 e. The molecule has 0 aliphatic carbocycles. The third-order valence-corrected chi connectivity index (χ3v) is 1.11. The fourth-order valence-corrected chi connectivity index (χ4v) is 0.656. The molecule has 10 heavy (non-hydrogen) atoms. The summed E-state index contributed by atoms with van der Waals surface area (Å²) in [6.07, 6.45) is 2.68. The summed E-state index contributed by atoms with van der Waals surface area (Å²) in [4.78, 5) is 10.3. The Bertz CT molecular complexity index is 260. The Kier molecular flexibility index (Phi) is 1.58. The smallest absolute Gasteiger partial charge is 0.339 e. The second-order valence-corrected chi connectivity index (χ2v) is 1.71.